The van der Waals surface area contributed by atoms with Crippen LogP contribution in [0.15, 0.2) is 59.1 Å². The van der Waals surface area contributed by atoms with Crippen LogP contribution >= 0.6 is 0 Å². The van der Waals surface area contributed by atoms with Gasteiger partial charge in [0.15, 0.2) is 11.7 Å². The summed E-state index contributed by atoms with van der Waals surface area (Å²) in [5.41, 5.74) is 1.99. The molecule has 0 bridgehead atoms. The summed E-state index contributed by atoms with van der Waals surface area (Å²) >= 11 is 0. The second-order valence-corrected chi connectivity index (χ2v) is 6.27. The number of amides is 1. The smallest absolute Gasteiger partial charge is 0.220 e. The molecule has 0 unspecified atom stereocenters. The van der Waals surface area contributed by atoms with Gasteiger partial charge in [-0.15, -0.1) is 0 Å². The van der Waals surface area contributed by atoms with Crippen molar-refractivity contribution in [3.63, 3.8) is 0 Å². The highest BCUT2D eigenvalue weighted by molar-refractivity contribution is 5.76. The lowest BCUT2D eigenvalue weighted by Gasteiger charge is -2.08. The first kappa shape index (κ1) is 19.5. The first-order valence-corrected chi connectivity index (χ1v) is 9.17. The third kappa shape index (κ3) is 5.13. The summed E-state index contributed by atoms with van der Waals surface area (Å²) in [4.78, 5) is 16.3. The average Bonchev–Trinajstić information content (AvgIpc) is 3.21. The highest BCUT2D eigenvalue weighted by Gasteiger charge is 2.13. The third-order valence-corrected chi connectivity index (χ3v) is 4.37. The van der Waals surface area contributed by atoms with Gasteiger partial charge in [0, 0.05) is 25.5 Å². The number of methoxy groups -OCH3 is 2. The van der Waals surface area contributed by atoms with Crippen LogP contribution in [0.25, 0.3) is 11.3 Å². The molecule has 0 atom stereocenters. The maximum atomic E-state index is 12.0. The fourth-order valence-corrected chi connectivity index (χ4v) is 2.85. The molecule has 1 heterocycles. The van der Waals surface area contributed by atoms with E-state index in [9.17, 15) is 4.79 Å². The number of nitrogens with one attached hydrogen (secondary N) is 1. The van der Waals surface area contributed by atoms with Crippen LogP contribution in [-0.4, -0.2) is 31.7 Å². The van der Waals surface area contributed by atoms with Crippen LogP contribution in [0.4, 0.5) is 0 Å². The molecular formula is C22H24N2O4. The van der Waals surface area contributed by atoms with E-state index in [1.165, 1.54) is 5.56 Å². The van der Waals surface area contributed by atoms with Crippen LogP contribution in [0, 0.1) is 0 Å². The van der Waals surface area contributed by atoms with Gasteiger partial charge in [-0.2, -0.15) is 0 Å². The van der Waals surface area contributed by atoms with Crippen molar-refractivity contribution < 1.29 is 18.7 Å². The number of hydrogen-bond acceptors (Lipinski definition) is 5. The Morgan fingerprint density at radius 1 is 1.07 bits per heavy atom. The van der Waals surface area contributed by atoms with Crippen molar-refractivity contribution in [1.82, 2.24) is 10.3 Å². The van der Waals surface area contributed by atoms with E-state index in [0.29, 0.717) is 42.5 Å². The van der Waals surface area contributed by atoms with Crippen LogP contribution in [0.2, 0.25) is 0 Å². The van der Waals surface area contributed by atoms with E-state index in [4.69, 9.17) is 13.9 Å². The molecule has 0 radical (unpaired) electrons. The number of aryl methyl sites for hydroxylation is 1. The maximum absolute atomic E-state index is 12.0. The summed E-state index contributed by atoms with van der Waals surface area (Å²) in [6, 6.07) is 15.6. The van der Waals surface area contributed by atoms with Gasteiger partial charge in [-0.3, -0.25) is 4.79 Å². The lowest BCUT2D eigenvalue weighted by molar-refractivity contribution is -0.121. The molecule has 0 spiro atoms. The molecule has 2 aromatic carbocycles. The SMILES string of the molecule is COc1ccc(-c2cnc(CCC(=O)NCCc3ccccc3)o2)c(OC)c1. The highest BCUT2D eigenvalue weighted by Crippen LogP contribution is 2.33. The van der Waals surface area contributed by atoms with E-state index in [1.807, 2.05) is 42.5 Å². The van der Waals surface area contributed by atoms with Crippen molar-refractivity contribution in [1.29, 1.82) is 0 Å². The molecule has 28 heavy (non-hydrogen) atoms. The summed E-state index contributed by atoms with van der Waals surface area (Å²) in [6.07, 6.45) is 3.23. The van der Waals surface area contributed by atoms with E-state index in [-0.39, 0.29) is 5.91 Å². The summed E-state index contributed by atoms with van der Waals surface area (Å²) in [5.74, 6) is 2.44. The summed E-state index contributed by atoms with van der Waals surface area (Å²) < 4.78 is 16.4. The summed E-state index contributed by atoms with van der Waals surface area (Å²) in [7, 11) is 3.20. The van der Waals surface area contributed by atoms with E-state index in [2.05, 4.69) is 10.3 Å². The van der Waals surface area contributed by atoms with Crippen molar-refractivity contribution in [2.45, 2.75) is 19.3 Å². The topological polar surface area (TPSA) is 73.6 Å². The predicted molar refractivity (Wildman–Crippen MR) is 107 cm³/mol. The molecule has 0 saturated heterocycles. The van der Waals surface area contributed by atoms with E-state index >= 15 is 0 Å². The van der Waals surface area contributed by atoms with Crippen LogP contribution in [0.1, 0.15) is 17.9 Å². The molecule has 1 aromatic heterocycles. The minimum absolute atomic E-state index is 0.0160. The van der Waals surface area contributed by atoms with E-state index in [0.717, 1.165) is 12.0 Å². The van der Waals surface area contributed by atoms with Gasteiger partial charge in [0.2, 0.25) is 5.91 Å². The Morgan fingerprint density at radius 2 is 1.89 bits per heavy atom. The minimum atomic E-state index is -0.0160. The Bertz CT molecular complexity index is 906. The van der Waals surface area contributed by atoms with Gasteiger partial charge in [-0.05, 0) is 24.1 Å². The first-order chi connectivity index (χ1) is 13.7. The standard InChI is InChI=1S/C22H24N2O4/c1-26-17-8-9-18(19(14-17)27-2)20-15-24-22(28-20)11-10-21(25)23-13-12-16-6-4-3-5-7-16/h3-9,14-15H,10-13H2,1-2H3,(H,23,25). The second kappa shape index (κ2) is 9.60. The molecule has 3 aromatic rings. The number of nitrogens with zero attached hydrogens (tertiary/aromatic N) is 1. The van der Waals surface area contributed by atoms with Crippen molar-refractivity contribution in [3.05, 3.63) is 66.2 Å². The van der Waals surface area contributed by atoms with Gasteiger partial charge in [-0.25, -0.2) is 4.98 Å². The molecule has 0 aliphatic heterocycles. The predicted octanol–water partition coefficient (Wildman–Crippen LogP) is 3.65. The zero-order chi connectivity index (χ0) is 19.8. The molecule has 0 aliphatic carbocycles. The quantitative estimate of drug-likeness (QED) is 0.613. The molecule has 6 nitrogen and oxygen atoms in total. The largest absolute Gasteiger partial charge is 0.497 e. The fourth-order valence-electron chi connectivity index (χ4n) is 2.85. The number of rotatable bonds is 9. The Balaban J connectivity index is 1.51. The zero-order valence-electron chi connectivity index (χ0n) is 16.1. The summed E-state index contributed by atoms with van der Waals surface area (Å²) in [5, 5.41) is 2.93. The Kier molecular flexibility index (Phi) is 6.68. The molecule has 0 saturated carbocycles. The van der Waals surface area contributed by atoms with Gasteiger partial charge >= 0.3 is 0 Å². The van der Waals surface area contributed by atoms with Crippen LogP contribution < -0.4 is 14.8 Å². The first-order valence-electron chi connectivity index (χ1n) is 9.17. The number of ether oxygens (including phenoxy) is 2. The van der Waals surface area contributed by atoms with Crippen LogP contribution in [0.3, 0.4) is 0 Å². The lowest BCUT2D eigenvalue weighted by Crippen LogP contribution is -2.25. The van der Waals surface area contributed by atoms with Gasteiger partial charge in [0.25, 0.3) is 0 Å². The van der Waals surface area contributed by atoms with Crippen molar-refractivity contribution in [2.24, 2.45) is 0 Å². The fraction of sp³-hybridized carbons (Fsp3) is 0.273. The Labute approximate surface area is 164 Å². The molecule has 1 amide bonds. The van der Waals surface area contributed by atoms with Gasteiger partial charge < -0.3 is 19.2 Å². The van der Waals surface area contributed by atoms with Crippen molar-refractivity contribution >= 4 is 5.91 Å². The molecule has 146 valence electrons. The second-order valence-electron chi connectivity index (χ2n) is 6.27. The van der Waals surface area contributed by atoms with Gasteiger partial charge in [0.05, 0.1) is 26.0 Å². The molecule has 6 heteroatoms. The lowest BCUT2D eigenvalue weighted by atomic mass is 10.1. The molecule has 0 aliphatic rings. The number of aromatic nitrogens is 1. The van der Waals surface area contributed by atoms with Gasteiger partial charge in [0.1, 0.15) is 11.5 Å². The minimum Gasteiger partial charge on any atom is -0.497 e. The third-order valence-electron chi connectivity index (χ3n) is 4.37. The highest BCUT2D eigenvalue weighted by atomic mass is 16.5. The average molecular weight is 380 g/mol. The van der Waals surface area contributed by atoms with Crippen molar-refractivity contribution in [3.8, 4) is 22.8 Å². The maximum Gasteiger partial charge on any atom is 0.220 e. The number of carbonyl (C=O) groups is 1. The molecular weight excluding hydrogens is 356 g/mol. The Morgan fingerprint density at radius 3 is 2.64 bits per heavy atom. The van der Waals surface area contributed by atoms with E-state index < -0.39 is 0 Å². The summed E-state index contributed by atoms with van der Waals surface area (Å²) in [6.45, 7) is 0.614. The van der Waals surface area contributed by atoms with Gasteiger partial charge in [-0.1, -0.05) is 30.3 Å². The number of oxazole rings is 1. The molecule has 0 fully saturated rings. The normalized spacial score (nSPS) is 10.5. The zero-order valence-corrected chi connectivity index (χ0v) is 16.1. The van der Waals surface area contributed by atoms with Crippen LogP contribution in [0.5, 0.6) is 11.5 Å². The van der Waals surface area contributed by atoms with Crippen molar-refractivity contribution in [2.75, 3.05) is 20.8 Å². The number of carbonyl (C=O) groups excluding carboxylic acids is 1. The Hall–Kier alpha value is -3.28. The van der Waals surface area contributed by atoms with E-state index in [1.54, 1.807) is 26.5 Å². The molecule has 3 rings (SSSR count). The van der Waals surface area contributed by atoms with Crippen LogP contribution in [-0.2, 0) is 17.6 Å². The monoisotopic (exact) mass is 380 g/mol. The molecule has 1 N–H and O–H groups in total. The number of hydrogen-bond donors (Lipinski definition) is 1. The number of benzene rings is 2.